The van der Waals surface area contributed by atoms with Crippen LogP contribution in [0.15, 0.2) is 60.7 Å². The molecule has 4 aromatic carbocycles. The summed E-state index contributed by atoms with van der Waals surface area (Å²) in [5, 5.41) is 20.8. The summed E-state index contributed by atoms with van der Waals surface area (Å²) in [5.74, 6) is -11.0. The Hall–Kier alpha value is -3.99. The van der Waals surface area contributed by atoms with Crippen molar-refractivity contribution in [2.75, 3.05) is 30.0 Å². The van der Waals surface area contributed by atoms with Gasteiger partial charge in [-0.05, 0) is 89.7 Å². The number of nitrogens with zero attached hydrogens (tertiary/aromatic N) is 1. The summed E-state index contributed by atoms with van der Waals surface area (Å²) in [6.45, 7) is -0.564. The lowest BCUT2D eigenvalue weighted by Gasteiger charge is -2.27. The van der Waals surface area contributed by atoms with Crippen LogP contribution in [0, 0.1) is 45.4 Å². The van der Waals surface area contributed by atoms with Gasteiger partial charge >= 0.3 is 0 Å². The van der Waals surface area contributed by atoms with Gasteiger partial charge < -0.3 is 20.3 Å². The van der Waals surface area contributed by atoms with E-state index in [0.29, 0.717) is 21.3 Å². The van der Waals surface area contributed by atoms with Gasteiger partial charge in [0.1, 0.15) is 24.3 Å². The highest BCUT2D eigenvalue weighted by atomic mass is 127. The Morgan fingerprint density at radius 2 is 1.53 bits per heavy atom. The van der Waals surface area contributed by atoms with Crippen molar-refractivity contribution in [1.29, 1.82) is 0 Å². The molecule has 0 aromatic heterocycles. The van der Waals surface area contributed by atoms with Gasteiger partial charge in [-0.25, -0.2) is 26.3 Å². The average molecular weight is 744 g/mol. The lowest BCUT2D eigenvalue weighted by atomic mass is 10.0. The van der Waals surface area contributed by atoms with Crippen LogP contribution in [0.5, 0.6) is 0 Å². The molecule has 0 unspecified atom stereocenters. The standard InChI is InChI=1S/C31H23F6IN2O5/c1-15-2-9-25(23(35)10-15)40(30-18(4-6-21(33)28(30)37)26(43)14-45-13-17(42)12-41)31(44)19-5-7-20(32)27(36)29(19)39-24-8-3-16(38)11-22(24)34/h2-11,17,39,41-42H,12-14H2,1H3/t17-/m1/s1. The minimum absolute atomic E-state index is 0.283. The smallest absolute Gasteiger partial charge is 0.265 e. The molecular weight excluding hydrogens is 721 g/mol. The van der Waals surface area contributed by atoms with E-state index < -0.39 is 101 Å². The van der Waals surface area contributed by atoms with Crippen LogP contribution in [0.4, 0.5) is 49.1 Å². The number of ketones is 1. The number of aryl methyl sites for hydroxylation is 1. The molecule has 0 aliphatic rings. The number of hydrogen-bond donors (Lipinski definition) is 3. The second kappa shape index (κ2) is 14.4. The molecule has 1 amide bonds. The Balaban J connectivity index is 1.93. The number of aliphatic hydroxyl groups is 2. The predicted molar refractivity (Wildman–Crippen MR) is 161 cm³/mol. The maximum atomic E-state index is 15.7. The van der Waals surface area contributed by atoms with Gasteiger partial charge in [-0.1, -0.05) is 6.07 Å². The number of ether oxygens (including phenoxy) is 1. The van der Waals surface area contributed by atoms with E-state index in [1.807, 2.05) is 22.6 Å². The van der Waals surface area contributed by atoms with E-state index in [0.717, 1.165) is 30.3 Å². The fourth-order valence-corrected chi connectivity index (χ4v) is 4.68. The molecule has 7 nitrogen and oxygen atoms in total. The van der Waals surface area contributed by atoms with Crippen molar-refractivity contribution >= 4 is 57.0 Å². The number of hydrogen-bond acceptors (Lipinski definition) is 6. The van der Waals surface area contributed by atoms with Crippen molar-refractivity contribution in [3.63, 3.8) is 0 Å². The van der Waals surface area contributed by atoms with E-state index in [1.54, 1.807) is 0 Å². The Bertz CT molecular complexity index is 1770. The number of carbonyl (C=O) groups excluding carboxylic acids is 2. The van der Waals surface area contributed by atoms with Crippen LogP contribution in [0.1, 0.15) is 26.3 Å². The molecule has 0 aliphatic heterocycles. The molecule has 0 heterocycles. The van der Waals surface area contributed by atoms with Crippen molar-refractivity contribution in [2.24, 2.45) is 0 Å². The van der Waals surface area contributed by atoms with Gasteiger partial charge in [-0.3, -0.25) is 14.5 Å². The van der Waals surface area contributed by atoms with E-state index in [4.69, 9.17) is 9.84 Å². The fraction of sp³-hybridized carbons (Fsp3) is 0.161. The molecule has 4 aromatic rings. The largest absolute Gasteiger partial charge is 0.394 e. The molecule has 4 rings (SSSR count). The topological polar surface area (TPSA) is 99.1 Å². The van der Waals surface area contributed by atoms with Crippen molar-refractivity contribution in [2.45, 2.75) is 13.0 Å². The lowest BCUT2D eigenvalue weighted by Crippen LogP contribution is -2.31. The summed E-state index contributed by atoms with van der Waals surface area (Å²) in [6.07, 6.45) is -1.36. The minimum atomic E-state index is -1.77. The van der Waals surface area contributed by atoms with Crippen molar-refractivity contribution < 1.29 is 50.9 Å². The van der Waals surface area contributed by atoms with Crippen molar-refractivity contribution in [3.05, 3.63) is 116 Å². The highest BCUT2D eigenvalue weighted by Gasteiger charge is 2.33. The second-order valence-corrected chi connectivity index (χ2v) is 10.9. The van der Waals surface area contributed by atoms with Crippen LogP contribution >= 0.6 is 22.6 Å². The lowest BCUT2D eigenvalue weighted by molar-refractivity contribution is 0.00897. The maximum absolute atomic E-state index is 15.7. The number of aliphatic hydroxyl groups excluding tert-OH is 2. The molecular formula is C31H23F6IN2O5. The molecule has 1 atom stereocenters. The van der Waals surface area contributed by atoms with E-state index in [9.17, 15) is 27.9 Å². The third-order valence-electron chi connectivity index (χ3n) is 6.41. The quantitative estimate of drug-likeness (QED) is 0.0898. The number of amides is 1. The van der Waals surface area contributed by atoms with Gasteiger partial charge in [0.2, 0.25) is 0 Å². The normalized spacial score (nSPS) is 11.8. The third kappa shape index (κ3) is 7.46. The molecule has 0 saturated carbocycles. The Morgan fingerprint density at radius 3 is 2.18 bits per heavy atom. The van der Waals surface area contributed by atoms with E-state index >= 15 is 13.2 Å². The number of carbonyl (C=O) groups is 2. The number of benzene rings is 4. The third-order valence-corrected chi connectivity index (χ3v) is 7.08. The molecule has 14 heteroatoms. The Labute approximate surface area is 266 Å². The molecule has 0 saturated heterocycles. The van der Waals surface area contributed by atoms with Gasteiger partial charge in [-0.2, -0.15) is 0 Å². The van der Waals surface area contributed by atoms with Crippen LogP contribution < -0.4 is 10.2 Å². The molecule has 0 bridgehead atoms. The number of anilines is 4. The highest BCUT2D eigenvalue weighted by molar-refractivity contribution is 14.1. The highest BCUT2D eigenvalue weighted by Crippen LogP contribution is 2.38. The molecule has 0 radical (unpaired) electrons. The first-order chi connectivity index (χ1) is 21.3. The van der Waals surface area contributed by atoms with Crippen molar-refractivity contribution in [3.8, 4) is 0 Å². The summed E-state index contributed by atoms with van der Waals surface area (Å²) in [5.41, 5.74) is -4.16. The molecule has 45 heavy (non-hydrogen) atoms. The number of nitrogens with one attached hydrogen (secondary N) is 1. The van der Waals surface area contributed by atoms with Gasteiger partial charge in [0.05, 0.1) is 41.5 Å². The Morgan fingerprint density at radius 1 is 0.867 bits per heavy atom. The van der Waals surface area contributed by atoms with Gasteiger partial charge in [0, 0.05) is 9.13 Å². The summed E-state index contributed by atoms with van der Waals surface area (Å²) >= 11 is 1.81. The first-order valence-electron chi connectivity index (χ1n) is 13.0. The van der Waals surface area contributed by atoms with Crippen LogP contribution in [0.25, 0.3) is 0 Å². The SMILES string of the molecule is Cc1ccc(N(C(=O)c2ccc(F)c(F)c2Nc2ccc(I)cc2F)c2c(C(=O)COC[C@H](O)CO)ccc(F)c2F)c(F)c1. The average Bonchev–Trinajstić information content (AvgIpc) is 2.99. The summed E-state index contributed by atoms with van der Waals surface area (Å²) in [4.78, 5) is 27.7. The van der Waals surface area contributed by atoms with E-state index in [-0.39, 0.29) is 10.6 Å². The molecule has 0 spiro atoms. The minimum Gasteiger partial charge on any atom is -0.394 e. The van der Waals surface area contributed by atoms with E-state index in [2.05, 4.69) is 5.32 Å². The summed E-state index contributed by atoms with van der Waals surface area (Å²) in [7, 11) is 0. The predicted octanol–water partition coefficient (Wildman–Crippen LogP) is 6.71. The number of Topliss-reactive ketones (excluding diaryl/α,β-unsaturated/α-hetero) is 1. The zero-order valence-electron chi connectivity index (χ0n) is 23.2. The van der Waals surface area contributed by atoms with Gasteiger partial charge in [0.15, 0.2) is 29.1 Å². The zero-order chi connectivity index (χ0) is 33.0. The number of halogens is 7. The van der Waals surface area contributed by atoms with Gasteiger partial charge in [-0.15, -0.1) is 0 Å². The molecule has 3 N–H and O–H groups in total. The first kappa shape index (κ1) is 33.9. The first-order valence-corrected chi connectivity index (χ1v) is 14.1. The van der Waals surface area contributed by atoms with Crippen LogP contribution in [0.2, 0.25) is 0 Å². The maximum Gasteiger partial charge on any atom is 0.265 e. The number of rotatable bonds is 11. The molecule has 0 aliphatic carbocycles. The van der Waals surface area contributed by atoms with Crippen LogP contribution in [0.3, 0.4) is 0 Å². The second-order valence-electron chi connectivity index (χ2n) is 9.66. The molecule has 0 fully saturated rings. The van der Waals surface area contributed by atoms with Crippen molar-refractivity contribution in [1.82, 2.24) is 0 Å². The molecule has 236 valence electrons. The van der Waals surface area contributed by atoms with Crippen LogP contribution in [-0.2, 0) is 4.74 Å². The fourth-order valence-electron chi connectivity index (χ4n) is 4.22. The summed E-state index contributed by atoms with van der Waals surface area (Å²) in [6, 6.07) is 9.69. The summed E-state index contributed by atoms with van der Waals surface area (Å²) < 4.78 is 95.7. The Kier molecular flexibility index (Phi) is 10.9. The van der Waals surface area contributed by atoms with E-state index in [1.165, 1.54) is 25.1 Å². The zero-order valence-corrected chi connectivity index (χ0v) is 25.3. The van der Waals surface area contributed by atoms with Crippen LogP contribution in [-0.4, -0.2) is 47.8 Å². The van der Waals surface area contributed by atoms with Gasteiger partial charge in [0.25, 0.3) is 5.91 Å². The monoisotopic (exact) mass is 744 g/mol.